The summed E-state index contributed by atoms with van der Waals surface area (Å²) in [5.41, 5.74) is 2.92. The third kappa shape index (κ3) is 4.17. The molecule has 8 heteroatoms. The van der Waals surface area contributed by atoms with Gasteiger partial charge in [0.05, 0.1) is 9.77 Å². The monoisotopic (exact) mass is 462 g/mol. The van der Waals surface area contributed by atoms with E-state index in [1.807, 2.05) is 72.1 Å². The van der Waals surface area contributed by atoms with Gasteiger partial charge in [-0.1, -0.05) is 48.5 Å². The number of rotatable bonds is 5. The van der Waals surface area contributed by atoms with Crippen LogP contribution in [-0.4, -0.2) is 49.1 Å². The maximum atomic E-state index is 13.1. The lowest BCUT2D eigenvalue weighted by atomic mass is 10.1. The van der Waals surface area contributed by atoms with Gasteiger partial charge in [0.25, 0.3) is 0 Å². The number of thiophene rings is 1. The topological polar surface area (TPSA) is 66.4 Å². The second-order valence-electron chi connectivity index (χ2n) is 7.54. The molecule has 162 valence electrons. The molecule has 1 saturated heterocycles. The molecule has 0 spiro atoms. The fourth-order valence-corrected chi connectivity index (χ4v) is 5.92. The summed E-state index contributed by atoms with van der Waals surface area (Å²) in [6.45, 7) is 1.98. The number of piperazine rings is 1. The van der Waals surface area contributed by atoms with Crippen LogP contribution in [0.25, 0.3) is 21.7 Å². The Morgan fingerprint density at radius 3 is 2.06 bits per heavy atom. The summed E-state index contributed by atoms with van der Waals surface area (Å²) >= 11 is 1.63. The van der Waals surface area contributed by atoms with Gasteiger partial charge < -0.3 is 4.90 Å². The largest absolute Gasteiger partial charge is 0.352 e. The summed E-state index contributed by atoms with van der Waals surface area (Å²) < 4.78 is 27.8. The third-order valence-electron chi connectivity index (χ3n) is 5.59. The van der Waals surface area contributed by atoms with Crippen molar-refractivity contribution in [1.29, 1.82) is 0 Å². The highest BCUT2D eigenvalue weighted by atomic mass is 32.2. The minimum Gasteiger partial charge on any atom is -0.352 e. The summed E-state index contributed by atoms with van der Waals surface area (Å²) in [4.78, 5) is 3.49. The van der Waals surface area contributed by atoms with Crippen molar-refractivity contribution in [3.8, 4) is 21.7 Å². The Bertz CT molecular complexity index is 1270. The van der Waals surface area contributed by atoms with Crippen LogP contribution in [0.2, 0.25) is 0 Å². The number of hydrogen-bond acceptors (Lipinski definition) is 6. The Morgan fingerprint density at radius 1 is 0.719 bits per heavy atom. The van der Waals surface area contributed by atoms with Gasteiger partial charge in [0, 0.05) is 26.2 Å². The fourth-order valence-electron chi connectivity index (χ4n) is 3.81. The zero-order valence-corrected chi connectivity index (χ0v) is 19.0. The van der Waals surface area contributed by atoms with Gasteiger partial charge in [-0.3, -0.25) is 0 Å². The average Bonchev–Trinajstić information content (AvgIpc) is 3.40. The highest BCUT2D eigenvalue weighted by molar-refractivity contribution is 7.89. The predicted molar refractivity (Wildman–Crippen MR) is 128 cm³/mol. The first kappa shape index (κ1) is 20.8. The summed E-state index contributed by atoms with van der Waals surface area (Å²) in [6.07, 6.45) is 0. The molecule has 0 saturated carbocycles. The molecular formula is C24H22N4O2S2. The number of nitrogens with zero attached hydrogens (tertiary/aromatic N) is 4. The summed E-state index contributed by atoms with van der Waals surface area (Å²) in [5, 5.41) is 10.7. The van der Waals surface area contributed by atoms with Crippen LogP contribution < -0.4 is 4.90 Å². The van der Waals surface area contributed by atoms with E-state index < -0.39 is 10.0 Å². The molecule has 1 fully saturated rings. The van der Waals surface area contributed by atoms with Crippen molar-refractivity contribution in [3.63, 3.8) is 0 Å². The zero-order chi connectivity index (χ0) is 22.0. The fraction of sp³-hybridized carbons (Fsp3) is 0.167. The second kappa shape index (κ2) is 8.82. The van der Waals surface area contributed by atoms with E-state index in [1.165, 1.54) is 0 Å². The Kier molecular flexibility index (Phi) is 5.73. The lowest BCUT2D eigenvalue weighted by Crippen LogP contribution is -2.48. The maximum absolute atomic E-state index is 13.1. The van der Waals surface area contributed by atoms with E-state index in [1.54, 1.807) is 27.8 Å². The molecule has 3 heterocycles. The lowest BCUT2D eigenvalue weighted by molar-refractivity contribution is 0.383. The molecule has 6 nitrogen and oxygen atoms in total. The van der Waals surface area contributed by atoms with Gasteiger partial charge in [-0.25, -0.2) is 8.42 Å². The molecule has 4 aromatic rings. The van der Waals surface area contributed by atoms with Gasteiger partial charge in [0.2, 0.25) is 10.0 Å². The van der Waals surface area contributed by atoms with Crippen molar-refractivity contribution < 1.29 is 8.42 Å². The highest BCUT2D eigenvalue weighted by Crippen LogP contribution is 2.26. The van der Waals surface area contributed by atoms with Crippen molar-refractivity contribution in [1.82, 2.24) is 14.5 Å². The van der Waals surface area contributed by atoms with Crippen molar-refractivity contribution in [2.75, 3.05) is 31.1 Å². The average molecular weight is 463 g/mol. The normalized spacial score (nSPS) is 15.1. The highest BCUT2D eigenvalue weighted by Gasteiger charge is 2.29. The molecule has 1 aliphatic rings. The molecule has 0 unspecified atom stereocenters. The smallest absolute Gasteiger partial charge is 0.243 e. The van der Waals surface area contributed by atoms with E-state index in [-0.39, 0.29) is 0 Å². The Balaban J connectivity index is 1.25. The van der Waals surface area contributed by atoms with Gasteiger partial charge in [0.1, 0.15) is 5.69 Å². The Hall–Kier alpha value is -3.07. The first-order chi connectivity index (χ1) is 15.6. The molecule has 0 atom stereocenters. The summed E-state index contributed by atoms with van der Waals surface area (Å²) in [5.74, 6) is 0.773. The zero-order valence-electron chi connectivity index (χ0n) is 17.3. The lowest BCUT2D eigenvalue weighted by Gasteiger charge is -2.34. The van der Waals surface area contributed by atoms with Gasteiger partial charge in [-0.2, -0.15) is 4.31 Å². The van der Waals surface area contributed by atoms with Crippen LogP contribution in [-0.2, 0) is 10.0 Å². The van der Waals surface area contributed by atoms with Gasteiger partial charge in [0.15, 0.2) is 5.82 Å². The number of anilines is 1. The maximum Gasteiger partial charge on any atom is 0.243 e. The van der Waals surface area contributed by atoms with Gasteiger partial charge >= 0.3 is 0 Å². The van der Waals surface area contributed by atoms with E-state index in [4.69, 9.17) is 0 Å². The van der Waals surface area contributed by atoms with Crippen molar-refractivity contribution in [2.45, 2.75) is 4.90 Å². The van der Waals surface area contributed by atoms with Crippen LogP contribution in [0.15, 0.2) is 89.1 Å². The first-order valence-electron chi connectivity index (χ1n) is 10.4. The quantitative estimate of drug-likeness (QED) is 0.440. The van der Waals surface area contributed by atoms with E-state index in [9.17, 15) is 8.42 Å². The molecule has 5 rings (SSSR count). The molecule has 2 aromatic heterocycles. The molecule has 0 N–H and O–H groups in total. The third-order valence-corrected chi connectivity index (χ3v) is 8.39. The minimum absolute atomic E-state index is 0.325. The van der Waals surface area contributed by atoms with Gasteiger partial charge in [-0.15, -0.1) is 21.5 Å². The van der Waals surface area contributed by atoms with Crippen molar-refractivity contribution >= 4 is 27.2 Å². The van der Waals surface area contributed by atoms with E-state index in [0.29, 0.717) is 31.1 Å². The molecule has 32 heavy (non-hydrogen) atoms. The number of benzene rings is 2. The predicted octanol–water partition coefficient (Wildman–Crippen LogP) is 4.38. The molecule has 1 aliphatic heterocycles. The van der Waals surface area contributed by atoms with Gasteiger partial charge in [-0.05, 0) is 46.8 Å². The molecule has 2 aromatic carbocycles. The first-order valence-corrected chi connectivity index (χ1v) is 12.7. The van der Waals surface area contributed by atoms with Crippen LogP contribution in [0.4, 0.5) is 5.82 Å². The number of aromatic nitrogens is 2. The van der Waals surface area contributed by atoms with Crippen LogP contribution in [0, 0.1) is 0 Å². The van der Waals surface area contributed by atoms with E-state index in [2.05, 4.69) is 15.1 Å². The molecule has 0 radical (unpaired) electrons. The molecule has 0 amide bonds. The second-order valence-corrected chi connectivity index (χ2v) is 10.4. The van der Waals surface area contributed by atoms with E-state index >= 15 is 0 Å². The standard InChI is InChI=1S/C24H22N4O2S2/c29-32(30,21-10-8-20(9-11-21)19-5-2-1-3-6-19)28-16-14-27(15-17-28)24-13-12-22(25-26-24)23-7-4-18-31-23/h1-13,18H,14-17H2. The number of sulfonamides is 1. The van der Waals surface area contributed by atoms with Crippen LogP contribution in [0.3, 0.4) is 0 Å². The summed E-state index contributed by atoms with van der Waals surface area (Å²) in [6, 6.07) is 25.0. The molecular weight excluding hydrogens is 440 g/mol. The van der Waals surface area contributed by atoms with Crippen LogP contribution in [0.1, 0.15) is 0 Å². The van der Waals surface area contributed by atoms with E-state index in [0.717, 1.165) is 27.5 Å². The van der Waals surface area contributed by atoms with Crippen molar-refractivity contribution in [3.05, 3.63) is 84.2 Å². The minimum atomic E-state index is -3.53. The molecule has 0 bridgehead atoms. The van der Waals surface area contributed by atoms with Crippen molar-refractivity contribution in [2.24, 2.45) is 0 Å². The van der Waals surface area contributed by atoms with Crippen LogP contribution in [0.5, 0.6) is 0 Å². The summed E-state index contributed by atoms with van der Waals surface area (Å²) in [7, 11) is -3.53. The van der Waals surface area contributed by atoms with Crippen LogP contribution >= 0.6 is 11.3 Å². The molecule has 0 aliphatic carbocycles. The SMILES string of the molecule is O=S(=O)(c1ccc(-c2ccccc2)cc1)N1CCN(c2ccc(-c3cccs3)nn2)CC1. The number of hydrogen-bond donors (Lipinski definition) is 0. The Labute approximate surface area is 191 Å². The Morgan fingerprint density at radius 2 is 1.44 bits per heavy atom.